The number of amides is 2. The molecule has 0 aliphatic heterocycles. The van der Waals surface area contributed by atoms with E-state index in [0.717, 1.165) is 80.5 Å². The van der Waals surface area contributed by atoms with Crippen molar-refractivity contribution in [2.45, 2.75) is 134 Å². The number of rotatable bonds is 9. The number of anilines is 1. The highest BCUT2D eigenvalue weighted by Crippen LogP contribution is 2.58. The first-order valence-corrected chi connectivity index (χ1v) is 18.9. The van der Waals surface area contributed by atoms with Gasteiger partial charge in [-0.15, -0.1) is 0 Å². The molecule has 5 saturated carbocycles. The third kappa shape index (κ3) is 7.02. The molecule has 5 fully saturated rings. The quantitative estimate of drug-likeness (QED) is 0.243. The number of nitrogens with one attached hydrogen (secondary N) is 1. The molecule has 0 saturated heterocycles. The van der Waals surface area contributed by atoms with E-state index in [-0.39, 0.29) is 46.4 Å². The number of hydrogen-bond acceptors (Lipinski definition) is 6. The Kier molecular flexibility index (Phi) is 9.46. The first kappa shape index (κ1) is 34.6. The second-order valence-electron chi connectivity index (χ2n) is 16.8. The molecule has 268 valence electrons. The molecular formula is C41H55N5O4. The highest BCUT2D eigenvalue weighted by molar-refractivity contribution is 5.95. The molecule has 0 radical (unpaired) electrons. The second-order valence-corrected chi connectivity index (χ2v) is 16.8. The van der Waals surface area contributed by atoms with Gasteiger partial charge in [-0.1, -0.05) is 12.1 Å². The van der Waals surface area contributed by atoms with E-state index in [1.165, 1.54) is 11.1 Å². The van der Waals surface area contributed by atoms with Gasteiger partial charge in [0.25, 0.3) is 0 Å². The molecular weight excluding hydrogens is 626 g/mol. The summed E-state index contributed by atoms with van der Waals surface area (Å²) in [5.41, 5.74) is 4.78. The van der Waals surface area contributed by atoms with Crippen molar-refractivity contribution in [3.8, 4) is 16.9 Å². The first-order valence-electron chi connectivity index (χ1n) is 18.9. The molecule has 0 spiro atoms. The van der Waals surface area contributed by atoms with E-state index in [4.69, 9.17) is 14.5 Å². The third-order valence-electron chi connectivity index (χ3n) is 12.5. The number of benzene rings is 1. The molecule has 0 atom stereocenters. The number of nitrogens with zero attached hydrogens (tertiary/aromatic N) is 4. The molecule has 3 aromatic rings. The molecule has 5 aliphatic rings. The van der Waals surface area contributed by atoms with Gasteiger partial charge in [0.15, 0.2) is 0 Å². The van der Waals surface area contributed by atoms with Crippen molar-refractivity contribution in [1.82, 2.24) is 20.1 Å². The summed E-state index contributed by atoms with van der Waals surface area (Å²) in [6.07, 6.45) is 18.1. The summed E-state index contributed by atoms with van der Waals surface area (Å²) in [6, 6.07) is 11.1. The molecule has 9 nitrogen and oxygen atoms in total. The average Bonchev–Trinajstić information content (AvgIpc) is 3.62. The summed E-state index contributed by atoms with van der Waals surface area (Å²) in [5.74, 6) is 1.69. The number of fused-ring (bicyclic) bond motifs is 3. The average molecular weight is 682 g/mol. The monoisotopic (exact) mass is 681 g/mol. The van der Waals surface area contributed by atoms with Crippen LogP contribution in [0.2, 0.25) is 0 Å². The van der Waals surface area contributed by atoms with Crippen LogP contribution in [0.25, 0.3) is 11.1 Å². The summed E-state index contributed by atoms with van der Waals surface area (Å²) < 4.78 is 13.3. The highest BCUT2D eigenvalue weighted by atomic mass is 16.6. The minimum atomic E-state index is -0.309. The van der Waals surface area contributed by atoms with Gasteiger partial charge in [0, 0.05) is 36.5 Å². The van der Waals surface area contributed by atoms with Crippen LogP contribution in [0.3, 0.4) is 0 Å². The van der Waals surface area contributed by atoms with Crippen LogP contribution >= 0.6 is 0 Å². The summed E-state index contributed by atoms with van der Waals surface area (Å²) in [7, 11) is 1.74. The molecule has 2 bridgehead atoms. The smallest absolute Gasteiger partial charge is 0.407 e. The molecule has 5 aliphatic carbocycles. The Morgan fingerprint density at radius 2 is 1.68 bits per heavy atom. The Bertz CT molecular complexity index is 1670. The predicted octanol–water partition coefficient (Wildman–Crippen LogP) is 8.48. The highest BCUT2D eigenvalue weighted by Gasteiger charge is 2.51. The van der Waals surface area contributed by atoms with Crippen molar-refractivity contribution >= 4 is 17.8 Å². The number of alkyl carbamates (subject to hydrolysis) is 1. The fourth-order valence-corrected chi connectivity index (χ4v) is 8.89. The fraction of sp³-hybridized carbons (Fsp3) is 0.610. The van der Waals surface area contributed by atoms with Gasteiger partial charge in [-0.2, -0.15) is 5.10 Å². The lowest BCUT2D eigenvalue weighted by atomic mass is 9.51. The molecule has 0 unspecified atom stereocenters. The summed E-state index contributed by atoms with van der Waals surface area (Å²) in [6.45, 7) is 9.24. The summed E-state index contributed by atoms with van der Waals surface area (Å²) >= 11 is 0. The molecule has 9 heteroatoms. The number of aryl methyl sites for hydroxylation is 1. The number of pyridine rings is 1. The Labute approximate surface area is 297 Å². The number of hydrogen-bond donors (Lipinski definition) is 1. The fourth-order valence-electron chi connectivity index (χ4n) is 8.89. The normalized spacial score (nSPS) is 26.6. The maximum atomic E-state index is 14.7. The van der Waals surface area contributed by atoms with Crippen molar-refractivity contribution in [3.63, 3.8) is 0 Å². The maximum absolute atomic E-state index is 14.7. The van der Waals surface area contributed by atoms with E-state index in [1.54, 1.807) is 7.11 Å². The van der Waals surface area contributed by atoms with Crippen LogP contribution in [0.5, 0.6) is 5.75 Å². The lowest BCUT2D eigenvalue weighted by Crippen LogP contribution is -2.52. The van der Waals surface area contributed by atoms with E-state index in [2.05, 4.69) is 68.6 Å². The van der Waals surface area contributed by atoms with Crippen molar-refractivity contribution in [2.75, 3.05) is 18.6 Å². The van der Waals surface area contributed by atoms with Gasteiger partial charge in [-0.3, -0.25) is 14.4 Å². The van der Waals surface area contributed by atoms with Gasteiger partial charge in [0.05, 0.1) is 18.8 Å². The van der Waals surface area contributed by atoms with E-state index < -0.39 is 0 Å². The van der Waals surface area contributed by atoms with E-state index >= 15 is 0 Å². The zero-order valence-electron chi connectivity index (χ0n) is 30.7. The molecule has 1 N–H and O–H groups in total. The van der Waals surface area contributed by atoms with Gasteiger partial charge in [-0.25, -0.2) is 9.78 Å². The van der Waals surface area contributed by atoms with E-state index in [0.29, 0.717) is 32.2 Å². The Hall–Kier alpha value is -3.88. The van der Waals surface area contributed by atoms with Crippen LogP contribution in [-0.2, 0) is 20.5 Å². The van der Waals surface area contributed by atoms with E-state index in [9.17, 15) is 9.59 Å². The van der Waals surface area contributed by atoms with Gasteiger partial charge in [0.1, 0.15) is 17.7 Å². The third-order valence-corrected chi connectivity index (χ3v) is 12.5. The number of methoxy groups -OCH3 is 1. The zero-order valence-corrected chi connectivity index (χ0v) is 30.7. The van der Waals surface area contributed by atoms with E-state index in [1.807, 2.05) is 28.0 Å². The van der Waals surface area contributed by atoms with Crippen molar-refractivity contribution in [2.24, 2.45) is 11.3 Å². The van der Waals surface area contributed by atoms with Crippen molar-refractivity contribution in [1.29, 1.82) is 0 Å². The topological polar surface area (TPSA) is 98.6 Å². The SMILES string of the molecule is COc1ccc(C23CCC(CN(c4cc(-c5cnn(C(C)(C)C)c5)ccn4)C(=O)[C@H]4CC[C@H](OC(=O)NC5CCC5)CC4)(CC2)CC3)cc1C. The molecule has 8 rings (SSSR count). The minimum absolute atomic E-state index is 0.0631. The molecule has 2 amide bonds. The van der Waals surface area contributed by atoms with Crippen molar-refractivity contribution < 1.29 is 19.1 Å². The van der Waals surface area contributed by atoms with Crippen LogP contribution < -0.4 is 15.0 Å². The zero-order chi connectivity index (χ0) is 35.1. The molecule has 1 aromatic carbocycles. The van der Waals surface area contributed by atoms with Crippen LogP contribution in [-0.4, -0.2) is 52.6 Å². The lowest BCUT2D eigenvalue weighted by molar-refractivity contribution is -0.124. The van der Waals surface area contributed by atoms with Gasteiger partial charge in [-0.05, 0) is 157 Å². The van der Waals surface area contributed by atoms with Crippen LogP contribution in [0.4, 0.5) is 10.6 Å². The van der Waals surface area contributed by atoms with Crippen LogP contribution in [0, 0.1) is 18.3 Å². The summed E-state index contributed by atoms with van der Waals surface area (Å²) in [5, 5.41) is 7.63. The Balaban J connectivity index is 1.10. The molecule has 50 heavy (non-hydrogen) atoms. The Morgan fingerprint density at radius 3 is 2.28 bits per heavy atom. The van der Waals surface area contributed by atoms with Crippen LogP contribution in [0.1, 0.15) is 115 Å². The van der Waals surface area contributed by atoms with Gasteiger partial charge < -0.3 is 14.8 Å². The van der Waals surface area contributed by atoms with Crippen LogP contribution in [0.15, 0.2) is 48.9 Å². The molecule has 2 aromatic heterocycles. The lowest BCUT2D eigenvalue weighted by Gasteiger charge is -2.55. The maximum Gasteiger partial charge on any atom is 0.407 e. The summed E-state index contributed by atoms with van der Waals surface area (Å²) in [4.78, 5) is 34.0. The van der Waals surface area contributed by atoms with Crippen molar-refractivity contribution in [3.05, 3.63) is 60.0 Å². The number of aromatic nitrogens is 3. The number of carbonyl (C=O) groups excluding carboxylic acids is 2. The minimum Gasteiger partial charge on any atom is -0.496 e. The van der Waals surface area contributed by atoms with Gasteiger partial charge in [0.2, 0.25) is 5.91 Å². The predicted molar refractivity (Wildman–Crippen MR) is 195 cm³/mol. The Morgan fingerprint density at radius 1 is 0.960 bits per heavy atom. The molecule has 2 heterocycles. The number of ether oxygens (including phenoxy) is 2. The largest absolute Gasteiger partial charge is 0.496 e. The first-order chi connectivity index (χ1) is 24.0. The van der Waals surface area contributed by atoms with Gasteiger partial charge >= 0.3 is 6.09 Å². The second kappa shape index (κ2) is 13.7. The standard InChI is InChI=1S/C41H55N5O4/c1-28-23-32(11-14-35(28)49-5)41-19-16-40(17-20-41,18-21-41)27-45(36-24-30(15-22-42-36)31-25-43-46(26-31)39(2,3)4)37(47)29-9-12-34(13-10-29)50-38(48)44-33-7-6-8-33/h11,14-15,22-26,29,33-34H,6-10,12-13,16-21,27H2,1-5H3,(H,44,48)/t29-,34-,40?,41?. The number of carbonyl (C=O) groups is 2.